The molecule has 1 atom stereocenters. The number of imidazole rings is 1. The smallest absolute Gasteiger partial charge is 0.265 e. The first kappa shape index (κ1) is 16.9. The van der Waals surface area contributed by atoms with Crippen molar-refractivity contribution in [2.24, 2.45) is 0 Å². The molecule has 1 amide bonds. The summed E-state index contributed by atoms with van der Waals surface area (Å²) in [5.74, 6) is 1.40. The Balaban J connectivity index is 1.51. The van der Waals surface area contributed by atoms with Crippen LogP contribution in [0.15, 0.2) is 42.4 Å². The molecule has 7 heteroatoms. The zero-order valence-electron chi connectivity index (χ0n) is 14.7. The van der Waals surface area contributed by atoms with Crippen molar-refractivity contribution in [3.8, 4) is 0 Å². The summed E-state index contributed by atoms with van der Waals surface area (Å²) in [5, 5.41) is 0. The normalized spacial score (nSPS) is 17.4. The Morgan fingerprint density at radius 3 is 3.04 bits per heavy atom. The fraction of sp³-hybridized carbons (Fsp3) is 0.368. The maximum Gasteiger partial charge on any atom is 0.265 e. The number of carbonyl (C=O) groups excluding carboxylic acids is 1. The predicted molar refractivity (Wildman–Crippen MR) is 100 cm³/mol. The number of amides is 1. The summed E-state index contributed by atoms with van der Waals surface area (Å²) in [7, 11) is 0. The molecule has 0 radical (unpaired) electrons. The number of pyridine rings is 1. The predicted octanol–water partition coefficient (Wildman–Crippen LogP) is 3.11. The van der Waals surface area contributed by atoms with Gasteiger partial charge in [0.2, 0.25) is 0 Å². The van der Waals surface area contributed by atoms with E-state index in [1.54, 1.807) is 11.7 Å². The third-order valence-corrected chi connectivity index (χ3v) is 5.75. The molecule has 0 aromatic carbocycles. The van der Waals surface area contributed by atoms with Gasteiger partial charge in [-0.15, -0.1) is 11.3 Å². The van der Waals surface area contributed by atoms with Crippen molar-refractivity contribution in [3.63, 3.8) is 0 Å². The molecule has 6 nitrogen and oxygen atoms in total. The molecule has 26 heavy (non-hydrogen) atoms. The fourth-order valence-electron chi connectivity index (χ4n) is 3.53. The molecule has 1 fully saturated rings. The number of aromatic nitrogens is 4. The molecule has 1 aliphatic rings. The van der Waals surface area contributed by atoms with Crippen LogP contribution in [0.25, 0.3) is 0 Å². The van der Waals surface area contributed by atoms with E-state index in [-0.39, 0.29) is 11.8 Å². The zero-order valence-corrected chi connectivity index (χ0v) is 15.5. The Bertz CT molecular complexity index is 888. The van der Waals surface area contributed by atoms with Crippen LogP contribution < -0.4 is 0 Å². The van der Waals surface area contributed by atoms with Crippen molar-refractivity contribution in [1.29, 1.82) is 0 Å². The van der Waals surface area contributed by atoms with Crippen molar-refractivity contribution in [2.45, 2.75) is 32.2 Å². The van der Waals surface area contributed by atoms with E-state index in [0.717, 1.165) is 47.9 Å². The summed E-state index contributed by atoms with van der Waals surface area (Å²) in [5.41, 5.74) is 3.71. The van der Waals surface area contributed by atoms with Crippen LogP contribution in [0.3, 0.4) is 0 Å². The second kappa shape index (κ2) is 7.37. The molecule has 4 heterocycles. The van der Waals surface area contributed by atoms with E-state index >= 15 is 0 Å². The lowest BCUT2D eigenvalue weighted by Crippen LogP contribution is -2.39. The maximum atomic E-state index is 12.8. The van der Waals surface area contributed by atoms with E-state index in [9.17, 15) is 4.79 Å². The second-order valence-corrected chi connectivity index (χ2v) is 7.49. The molecule has 0 unspecified atom stereocenters. The quantitative estimate of drug-likeness (QED) is 0.711. The van der Waals surface area contributed by atoms with Gasteiger partial charge < -0.3 is 9.47 Å². The topological polar surface area (TPSA) is 63.9 Å². The minimum Gasteiger partial charge on any atom is -0.337 e. The first-order valence-corrected chi connectivity index (χ1v) is 9.69. The monoisotopic (exact) mass is 367 g/mol. The molecule has 1 aliphatic heterocycles. The Hall–Kier alpha value is -2.54. The van der Waals surface area contributed by atoms with E-state index in [1.807, 2.05) is 36.5 Å². The highest BCUT2D eigenvalue weighted by molar-refractivity contribution is 7.11. The summed E-state index contributed by atoms with van der Waals surface area (Å²) in [6, 6.07) is 4.02. The standard InChI is InChI=1S/C19H21N5OS/c1-14-17(26-13-22-14)19(25)24-8-3-5-16(12-24)18-21-7-9-23(18)11-15-4-2-6-20-10-15/h2,4,6-7,9-10,13,16H,3,5,8,11-12H2,1H3/t16-/m1/s1. The van der Waals surface area contributed by atoms with Gasteiger partial charge in [-0.25, -0.2) is 9.97 Å². The lowest BCUT2D eigenvalue weighted by Gasteiger charge is -2.32. The number of likely N-dealkylation sites (tertiary alicyclic amines) is 1. The van der Waals surface area contributed by atoms with Gasteiger partial charge in [0, 0.05) is 43.8 Å². The minimum absolute atomic E-state index is 0.0973. The molecule has 134 valence electrons. The third-order valence-electron chi connectivity index (χ3n) is 4.84. The van der Waals surface area contributed by atoms with Crippen LogP contribution in [0.2, 0.25) is 0 Å². The van der Waals surface area contributed by atoms with Gasteiger partial charge >= 0.3 is 0 Å². The minimum atomic E-state index is 0.0973. The van der Waals surface area contributed by atoms with Gasteiger partial charge in [0.15, 0.2) is 0 Å². The lowest BCUT2D eigenvalue weighted by molar-refractivity contribution is 0.0707. The molecular formula is C19H21N5OS. The van der Waals surface area contributed by atoms with Crippen molar-refractivity contribution >= 4 is 17.2 Å². The molecule has 1 saturated heterocycles. The van der Waals surface area contributed by atoms with Crippen LogP contribution in [-0.4, -0.2) is 43.4 Å². The Morgan fingerprint density at radius 1 is 1.35 bits per heavy atom. The molecule has 0 N–H and O–H groups in total. The summed E-state index contributed by atoms with van der Waals surface area (Å²) in [6.07, 6.45) is 9.57. The molecule has 3 aromatic rings. The van der Waals surface area contributed by atoms with Crippen molar-refractivity contribution in [1.82, 2.24) is 24.4 Å². The van der Waals surface area contributed by atoms with Gasteiger partial charge in [-0.05, 0) is 31.4 Å². The number of hydrogen-bond acceptors (Lipinski definition) is 5. The van der Waals surface area contributed by atoms with Crippen molar-refractivity contribution in [3.05, 3.63) is 64.4 Å². The Kier molecular flexibility index (Phi) is 4.79. The van der Waals surface area contributed by atoms with Gasteiger partial charge in [0.25, 0.3) is 5.91 Å². The highest BCUT2D eigenvalue weighted by Crippen LogP contribution is 2.28. The summed E-state index contributed by atoms with van der Waals surface area (Å²) >= 11 is 1.42. The Labute approximate surface area is 156 Å². The van der Waals surface area contributed by atoms with Crippen LogP contribution >= 0.6 is 11.3 Å². The Morgan fingerprint density at radius 2 is 2.27 bits per heavy atom. The maximum absolute atomic E-state index is 12.8. The average molecular weight is 367 g/mol. The van der Waals surface area contributed by atoms with E-state index in [1.165, 1.54) is 11.3 Å². The van der Waals surface area contributed by atoms with Gasteiger partial charge in [-0.1, -0.05) is 6.07 Å². The molecule has 3 aromatic heterocycles. The SMILES string of the molecule is Cc1ncsc1C(=O)N1CCC[C@@H](c2nccn2Cc2cccnc2)C1. The molecule has 0 saturated carbocycles. The van der Waals surface area contributed by atoms with Crippen LogP contribution in [0.1, 0.15) is 45.5 Å². The number of carbonyl (C=O) groups is 1. The molecule has 4 rings (SSSR count). The van der Waals surface area contributed by atoms with E-state index in [0.29, 0.717) is 6.54 Å². The third kappa shape index (κ3) is 3.39. The number of piperidine rings is 1. The second-order valence-electron chi connectivity index (χ2n) is 6.63. The number of aryl methyl sites for hydroxylation is 1. The molecular weight excluding hydrogens is 346 g/mol. The first-order valence-electron chi connectivity index (χ1n) is 8.81. The summed E-state index contributed by atoms with van der Waals surface area (Å²) < 4.78 is 2.17. The first-order chi connectivity index (χ1) is 12.7. The van der Waals surface area contributed by atoms with Crippen LogP contribution in [0.5, 0.6) is 0 Å². The van der Waals surface area contributed by atoms with Crippen LogP contribution in [-0.2, 0) is 6.54 Å². The largest absolute Gasteiger partial charge is 0.337 e. The van der Waals surface area contributed by atoms with Crippen molar-refractivity contribution < 1.29 is 4.79 Å². The van der Waals surface area contributed by atoms with E-state index < -0.39 is 0 Å². The van der Waals surface area contributed by atoms with Crippen molar-refractivity contribution in [2.75, 3.05) is 13.1 Å². The summed E-state index contributed by atoms with van der Waals surface area (Å²) in [4.78, 5) is 28.5. The number of hydrogen-bond donors (Lipinski definition) is 0. The lowest BCUT2D eigenvalue weighted by atomic mass is 9.96. The van der Waals surface area contributed by atoms with Crippen LogP contribution in [0.4, 0.5) is 0 Å². The van der Waals surface area contributed by atoms with Gasteiger partial charge in [-0.2, -0.15) is 0 Å². The van der Waals surface area contributed by atoms with Crippen LogP contribution in [0, 0.1) is 6.92 Å². The number of nitrogens with zero attached hydrogens (tertiary/aromatic N) is 5. The highest BCUT2D eigenvalue weighted by atomic mass is 32.1. The van der Waals surface area contributed by atoms with Gasteiger partial charge in [0.05, 0.1) is 17.7 Å². The van der Waals surface area contributed by atoms with E-state index in [2.05, 4.69) is 25.6 Å². The highest BCUT2D eigenvalue weighted by Gasteiger charge is 2.29. The van der Waals surface area contributed by atoms with E-state index in [4.69, 9.17) is 0 Å². The average Bonchev–Trinajstić information content (AvgIpc) is 3.31. The zero-order chi connectivity index (χ0) is 17.9. The number of thiazole rings is 1. The van der Waals surface area contributed by atoms with Gasteiger partial charge in [0.1, 0.15) is 10.7 Å². The molecule has 0 spiro atoms. The molecule has 0 aliphatic carbocycles. The fourth-order valence-corrected chi connectivity index (χ4v) is 4.30. The van der Waals surface area contributed by atoms with Gasteiger partial charge in [-0.3, -0.25) is 9.78 Å². The number of rotatable bonds is 4. The summed E-state index contributed by atoms with van der Waals surface area (Å²) in [6.45, 7) is 4.16. The molecule has 0 bridgehead atoms.